The number of urea groups is 1. The number of hydrogen-bond acceptors (Lipinski definition) is 2. The molecule has 0 radical (unpaired) electrons. The number of halogens is 1. The lowest BCUT2D eigenvalue weighted by Crippen LogP contribution is -2.52. The largest absolute Gasteiger partial charge is 0.481 e. The third kappa shape index (κ3) is 3.15. The molecule has 0 spiro atoms. The molecule has 1 fully saturated rings. The first-order chi connectivity index (χ1) is 9.83. The summed E-state index contributed by atoms with van der Waals surface area (Å²) in [4.78, 5) is 26.6. The van der Waals surface area contributed by atoms with Crippen LogP contribution in [0.3, 0.4) is 0 Å². The van der Waals surface area contributed by atoms with Crippen LogP contribution in [0.2, 0.25) is 0 Å². The standard InChI is InChI=1S/C15H19FN2O3/c1-15(13(19)20)7-4-8-18(10-15)14(21)17(2)12-6-3-5-11(16)9-12/h3,5-6,9H,4,7-8,10H2,1-2H3,(H,19,20). The number of amides is 2. The van der Waals surface area contributed by atoms with Gasteiger partial charge in [-0.25, -0.2) is 9.18 Å². The fourth-order valence-corrected chi connectivity index (χ4v) is 2.58. The fraction of sp³-hybridized carbons (Fsp3) is 0.467. The Bertz CT molecular complexity index is 564. The van der Waals surface area contributed by atoms with Gasteiger partial charge in [-0.1, -0.05) is 6.07 Å². The van der Waals surface area contributed by atoms with Crippen LogP contribution in [-0.2, 0) is 4.79 Å². The maximum Gasteiger partial charge on any atom is 0.324 e. The minimum absolute atomic E-state index is 0.167. The topological polar surface area (TPSA) is 60.9 Å². The molecule has 1 aromatic rings. The van der Waals surface area contributed by atoms with Crippen LogP contribution in [0.25, 0.3) is 0 Å². The van der Waals surface area contributed by atoms with Crippen molar-refractivity contribution in [2.24, 2.45) is 5.41 Å². The van der Waals surface area contributed by atoms with Gasteiger partial charge in [-0.3, -0.25) is 9.69 Å². The highest BCUT2D eigenvalue weighted by atomic mass is 19.1. The number of rotatable bonds is 2. The van der Waals surface area contributed by atoms with E-state index in [1.807, 2.05) is 0 Å². The highest BCUT2D eigenvalue weighted by Gasteiger charge is 2.40. The van der Waals surface area contributed by atoms with Gasteiger partial charge in [-0.2, -0.15) is 0 Å². The molecule has 1 aromatic carbocycles. The molecule has 1 saturated heterocycles. The number of carboxylic acid groups (broad SMARTS) is 1. The van der Waals surface area contributed by atoms with Gasteiger partial charge in [-0.05, 0) is 38.0 Å². The summed E-state index contributed by atoms with van der Waals surface area (Å²) < 4.78 is 13.2. The van der Waals surface area contributed by atoms with Gasteiger partial charge in [0.15, 0.2) is 0 Å². The van der Waals surface area contributed by atoms with E-state index in [1.165, 1.54) is 28.0 Å². The van der Waals surface area contributed by atoms with Gasteiger partial charge in [0.1, 0.15) is 5.82 Å². The van der Waals surface area contributed by atoms with E-state index in [2.05, 4.69) is 0 Å². The molecule has 1 unspecified atom stereocenters. The number of aliphatic carboxylic acids is 1. The summed E-state index contributed by atoms with van der Waals surface area (Å²) in [7, 11) is 1.56. The van der Waals surface area contributed by atoms with Crippen LogP contribution in [0.15, 0.2) is 24.3 Å². The second-order valence-electron chi connectivity index (χ2n) is 5.71. The first kappa shape index (κ1) is 15.3. The van der Waals surface area contributed by atoms with Crippen LogP contribution in [0.5, 0.6) is 0 Å². The van der Waals surface area contributed by atoms with Gasteiger partial charge < -0.3 is 10.0 Å². The van der Waals surface area contributed by atoms with E-state index in [-0.39, 0.29) is 12.6 Å². The number of carboxylic acids is 1. The fourth-order valence-electron chi connectivity index (χ4n) is 2.58. The molecule has 0 aromatic heterocycles. The third-order valence-corrected chi connectivity index (χ3v) is 3.97. The predicted octanol–water partition coefficient (Wildman–Crippen LogP) is 2.57. The molecule has 2 amide bonds. The lowest BCUT2D eigenvalue weighted by atomic mass is 9.82. The van der Waals surface area contributed by atoms with Crippen LogP contribution in [0.1, 0.15) is 19.8 Å². The third-order valence-electron chi connectivity index (χ3n) is 3.97. The maximum atomic E-state index is 13.2. The van der Waals surface area contributed by atoms with Gasteiger partial charge in [0.2, 0.25) is 0 Å². The molecule has 0 aliphatic carbocycles. The monoisotopic (exact) mass is 294 g/mol. The average molecular weight is 294 g/mol. The van der Waals surface area contributed by atoms with Crippen molar-refractivity contribution in [1.29, 1.82) is 0 Å². The van der Waals surface area contributed by atoms with Gasteiger partial charge in [-0.15, -0.1) is 0 Å². The van der Waals surface area contributed by atoms with Crippen molar-refractivity contribution in [3.05, 3.63) is 30.1 Å². The van der Waals surface area contributed by atoms with Crippen LogP contribution in [0, 0.1) is 11.2 Å². The number of likely N-dealkylation sites (tertiary alicyclic amines) is 1. The molecule has 0 bridgehead atoms. The minimum atomic E-state index is -0.920. The zero-order chi connectivity index (χ0) is 15.6. The number of nitrogens with zero attached hydrogens (tertiary/aromatic N) is 2. The van der Waals surface area contributed by atoms with E-state index < -0.39 is 17.2 Å². The summed E-state index contributed by atoms with van der Waals surface area (Å²) in [6, 6.07) is 5.45. The van der Waals surface area contributed by atoms with E-state index in [1.54, 1.807) is 20.0 Å². The summed E-state index contributed by atoms with van der Waals surface area (Å²) in [6.07, 6.45) is 1.20. The molecule has 0 saturated carbocycles. The number of benzene rings is 1. The van der Waals surface area contributed by atoms with Gasteiger partial charge in [0.05, 0.1) is 5.41 Å². The molecule has 2 rings (SSSR count). The minimum Gasteiger partial charge on any atom is -0.481 e. The van der Waals surface area contributed by atoms with Crippen molar-refractivity contribution < 1.29 is 19.1 Å². The molecule has 114 valence electrons. The van der Waals surface area contributed by atoms with E-state index in [0.29, 0.717) is 25.1 Å². The number of carbonyl (C=O) groups excluding carboxylic acids is 1. The van der Waals surface area contributed by atoms with Crippen molar-refractivity contribution in [3.8, 4) is 0 Å². The first-order valence-corrected chi connectivity index (χ1v) is 6.85. The summed E-state index contributed by atoms with van der Waals surface area (Å²) >= 11 is 0. The van der Waals surface area contributed by atoms with Crippen LogP contribution < -0.4 is 4.90 Å². The van der Waals surface area contributed by atoms with Crippen molar-refractivity contribution in [2.45, 2.75) is 19.8 Å². The molecular formula is C15H19FN2O3. The molecule has 1 aliphatic heterocycles. The van der Waals surface area contributed by atoms with Crippen molar-refractivity contribution in [1.82, 2.24) is 4.90 Å². The SMILES string of the molecule is CN(C(=O)N1CCCC(C)(C(=O)O)C1)c1cccc(F)c1. The Morgan fingerprint density at radius 2 is 2.14 bits per heavy atom. The Balaban J connectivity index is 2.14. The normalized spacial score (nSPS) is 22.0. The maximum absolute atomic E-state index is 13.2. The second kappa shape index (κ2) is 5.71. The number of anilines is 1. The molecule has 1 aliphatic rings. The smallest absolute Gasteiger partial charge is 0.324 e. The number of piperidine rings is 1. The Kier molecular flexibility index (Phi) is 4.16. The summed E-state index contributed by atoms with van der Waals surface area (Å²) in [5, 5.41) is 9.29. The van der Waals surface area contributed by atoms with E-state index >= 15 is 0 Å². The zero-order valence-electron chi connectivity index (χ0n) is 12.2. The molecule has 5 nitrogen and oxygen atoms in total. The molecule has 1 N–H and O–H groups in total. The second-order valence-corrected chi connectivity index (χ2v) is 5.71. The van der Waals surface area contributed by atoms with Crippen LogP contribution >= 0.6 is 0 Å². The Morgan fingerprint density at radius 1 is 1.43 bits per heavy atom. The average Bonchev–Trinajstić information content (AvgIpc) is 2.45. The molecule has 1 atom stereocenters. The highest BCUT2D eigenvalue weighted by molar-refractivity contribution is 5.92. The molecule has 21 heavy (non-hydrogen) atoms. The van der Waals surface area contributed by atoms with Crippen molar-refractivity contribution >= 4 is 17.7 Å². The summed E-state index contributed by atoms with van der Waals surface area (Å²) in [6.45, 7) is 2.33. The van der Waals surface area contributed by atoms with Crippen molar-refractivity contribution in [2.75, 3.05) is 25.0 Å². The van der Waals surface area contributed by atoms with Crippen LogP contribution in [0.4, 0.5) is 14.9 Å². The number of carbonyl (C=O) groups is 2. The van der Waals surface area contributed by atoms with E-state index in [0.717, 1.165) is 0 Å². The Labute approximate surface area is 123 Å². The summed E-state index contributed by atoms with van der Waals surface area (Å²) in [5.41, 5.74) is -0.473. The molecule has 1 heterocycles. The predicted molar refractivity (Wildman–Crippen MR) is 76.7 cm³/mol. The quantitative estimate of drug-likeness (QED) is 0.912. The van der Waals surface area contributed by atoms with E-state index in [9.17, 15) is 19.1 Å². The Hall–Kier alpha value is -2.11. The lowest BCUT2D eigenvalue weighted by molar-refractivity contribution is -0.150. The first-order valence-electron chi connectivity index (χ1n) is 6.85. The molecule has 6 heteroatoms. The highest BCUT2D eigenvalue weighted by Crippen LogP contribution is 2.30. The summed E-state index contributed by atoms with van der Waals surface area (Å²) in [5.74, 6) is -1.31. The zero-order valence-corrected chi connectivity index (χ0v) is 12.2. The van der Waals surface area contributed by atoms with Crippen molar-refractivity contribution in [3.63, 3.8) is 0 Å². The van der Waals surface area contributed by atoms with Gasteiger partial charge in [0.25, 0.3) is 0 Å². The number of hydrogen-bond donors (Lipinski definition) is 1. The van der Waals surface area contributed by atoms with Gasteiger partial charge >= 0.3 is 12.0 Å². The van der Waals surface area contributed by atoms with E-state index in [4.69, 9.17) is 0 Å². The Morgan fingerprint density at radius 3 is 2.76 bits per heavy atom. The van der Waals surface area contributed by atoms with Crippen LogP contribution in [-0.4, -0.2) is 42.1 Å². The lowest BCUT2D eigenvalue weighted by Gasteiger charge is -2.39. The molecular weight excluding hydrogens is 275 g/mol. The van der Waals surface area contributed by atoms with Gasteiger partial charge in [0, 0.05) is 25.8 Å².